The molecule has 0 spiro atoms. The van der Waals surface area contributed by atoms with Gasteiger partial charge in [0.15, 0.2) is 0 Å². The van der Waals surface area contributed by atoms with Crippen LogP contribution in [0.25, 0.3) is 0 Å². The molecule has 0 fully saturated rings. The number of hydrogen-bond acceptors (Lipinski definition) is 3. The molecule has 1 amide bonds. The van der Waals surface area contributed by atoms with Crippen molar-refractivity contribution in [1.82, 2.24) is 4.90 Å². The maximum atomic E-state index is 12.3. The number of ether oxygens (including phenoxy) is 1. The van der Waals surface area contributed by atoms with E-state index in [1.54, 1.807) is 11.9 Å². The topological polar surface area (TPSA) is 46.6 Å². The van der Waals surface area contributed by atoms with Crippen molar-refractivity contribution in [2.75, 3.05) is 20.7 Å². The number of methoxy groups -OCH3 is 1. The molecule has 4 nitrogen and oxygen atoms in total. The summed E-state index contributed by atoms with van der Waals surface area (Å²) >= 11 is 0. The van der Waals surface area contributed by atoms with Crippen LogP contribution in [0.2, 0.25) is 0 Å². The lowest BCUT2D eigenvalue weighted by molar-refractivity contribution is -0.140. The van der Waals surface area contributed by atoms with Gasteiger partial charge in [-0.05, 0) is 31.9 Å². The number of nitrogens with zero attached hydrogens (tertiary/aromatic N) is 1. The van der Waals surface area contributed by atoms with Crippen LogP contribution in [0.3, 0.4) is 0 Å². The van der Waals surface area contributed by atoms with E-state index in [0.29, 0.717) is 19.4 Å². The Morgan fingerprint density at radius 3 is 2.58 bits per heavy atom. The highest BCUT2D eigenvalue weighted by Crippen LogP contribution is 2.13. The molecule has 0 bridgehead atoms. The molecule has 1 aromatic rings. The van der Waals surface area contributed by atoms with Gasteiger partial charge < -0.3 is 9.64 Å². The van der Waals surface area contributed by atoms with Crippen LogP contribution in [-0.2, 0) is 9.53 Å². The summed E-state index contributed by atoms with van der Waals surface area (Å²) in [5.74, 6) is -0.251. The first kappa shape index (κ1) is 15.2. The highest BCUT2D eigenvalue weighted by atomic mass is 16.5. The zero-order valence-corrected chi connectivity index (χ0v) is 12.0. The Labute approximate surface area is 114 Å². The molecule has 1 aromatic carbocycles. The van der Waals surface area contributed by atoms with E-state index in [0.717, 1.165) is 16.7 Å². The molecule has 0 saturated carbocycles. The second kappa shape index (κ2) is 6.92. The van der Waals surface area contributed by atoms with Crippen LogP contribution in [0.15, 0.2) is 18.2 Å². The van der Waals surface area contributed by atoms with Gasteiger partial charge in [-0.1, -0.05) is 17.7 Å². The molecule has 0 aliphatic heterocycles. The van der Waals surface area contributed by atoms with Crippen LogP contribution in [0, 0.1) is 13.8 Å². The molecule has 0 atom stereocenters. The molecule has 0 unspecified atom stereocenters. The average molecular weight is 263 g/mol. The number of aryl methyl sites for hydroxylation is 2. The third-order valence-corrected chi connectivity index (χ3v) is 3.07. The van der Waals surface area contributed by atoms with E-state index in [2.05, 4.69) is 4.74 Å². The van der Waals surface area contributed by atoms with Gasteiger partial charge in [-0.15, -0.1) is 0 Å². The zero-order valence-electron chi connectivity index (χ0n) is 12.0. The summed E-state index contributed by atoms with van der Waals surface area (Å²) < 4.78 is 4.57. The molecule has 0 radical (unpaired) electrons. The summed E-state index contributed by atoms with van der Waals surface area (Å²) in [6, 6.07) is 5.84. The van der Waals surface area contributed by atoms with E-state index in [-0.39, 0.29) is 11.9 Å². The number of carbonyl (C=O) groups excluding carboxylic acids is 2. The Hall–Kier alpha value is -1.84. The van der Waals surface area contributed by atoms with Gasteiger partial charge in [0, 0.05) is 25.6 Å². The molecular weight excluding hydrogens is 242 g/mol. The lowest BCUT2D eigenvalue weighted by Gasteiger charge is -2.18. The smallest absolute Gasteiger partial charge is 0.305 e. The van der Waals surface area contributed by atoms with Gasteiger partial charge in [-0.3, -0.25) is 9.59 Å². The Kier molecular flexibility index (Phi) is 5.55. The Bertz CT molecular complexity index is 468. The lowest BCUT2D eigenvalue weighted by atomic mass is 10.0. The van der Waals surface area contributed by atoms with Crippen molar-refractivity contribution in [3.8, 4) is 0 Å². The van der Waals surface area contributed by atoms with Crippen LogP contribution in [0.4, 0.5) is 0 Å². The van der Waals surface area contributed by atoms with Crippen molar-refractivity contribution >= 4 is 11.9 Å². The van der Waals surface area contributed by atoms with Gasteiger partial charge in [0.1, 0.15) is 0 Å². The Morgan fingerprint density at radius 1 is 1.26 bits per heavy atom. The van der Waals surface area contributed by atoms with Crippen molar-refractivity contribution in [2.24, 2.45) is 0 Å². The van der Waals surface area contributed by atoms with E-state index in [1.807, 2.05) is 32.0 Å². The van der Waals surface area contributed by atoms with E-state index in [9.17, 15) is 9.59 Å². The fourth-order valence-corrected chi connectivity index (χ4v) is 1.84. The summed E-state index contributed by atoms with van der Waals surface area (Å²) in [6.45, 7) is 4.43. The molecule has 0 N–H and O–H groups in total. The third kappa shape index (κ3) is 4.39. The van der Waals surface area contributed by atoms with Crippen molar-refractivity contribution < 1.29 is 14.3 Å². The SMILES string of the molecule is COC(=O)CCCN(C)C(=O)c1cc(C)ccc1C. The quantitative estimate of drug-likeness (QED) is 0.766. The zero-order chi connectivity index (χ0) is 14.4. The molecule has 0 saturated heterocycles. The highest BCUT2D eigenvalue weighted by molar-refractivity contribution is 5.95. The van der Waals surface area contributed by atoms with Crippen molar-refractivity contribution in [3.05, 3.63) is 34.9 Å². The number of carbonyl (C=O) groups is 2. The van der Waals surface area contributed by atoms with Gasteiger partial charge in [0.2, 0.25) is 0 Å². The summed E-state index contributed by atoms with van der Waals surface area (Å²) in [5.41, 5.74) is 2.76. The molecule has 1 rings (SSSR count). The standard InChI is InChI=1S/C15H21NO3/c1-11-7-8-12(2)13(10-11)15(18)16(3)9-5-6-14(17)19-4/h7-8,10H,5-6,9H2,1-4H3. The number of amides is 1. The first-order valence-electron chi connectivity index (χ1n) is 6.35. The number of esters is 1. The first-order valence-corrected chi connectivity index (χ1v) is 6.35. The largest absolute Gasteiger partial charge is 0.469 e. The number of rotatable bonds is 5. The summed E-state index contributed by atoms with van der Waals surface area (Å²) in [7, 11) is 3.12. The Balaban J connectivity index is 2.61. The third-order valence-electron chi connectivity index (χ3n) is 3.07. The fraction of sp³-hybridized carbons (Fsp3) is 0.467. The Morgan fingerprint density at radius 2 is 1.95 bits per heavy atom. The minimum Gasteiger partial charge on any atom is -0.469 e. The highest BCUT2D eigenvalue weighted by Gasteiger charge is 2.14. The van der Waals surface area contributed by atoms with E-state index in [4.69, 9.17) is 0 Å². The van der Waals surface area contributed by atoms with Gasteiger partial charge in [-0.25, -0.2) is 0 Å². The maximum absolute atomic E-state index is 12.3. The molecular formula is C15H21NO3. The molecule has 0 aromatic heterocycles. The summed E-state index contributed by atoms with van der Waals surface area (Å²) in [6.07, 6.45) is 0.945. The average Bonchev–Trinajstić information content (AvgIpc) is 2.40. The predicted octanol–water partition coefficient (Wildman–Crippen LogP) is 2.33. The van der Waals surface area contributed by atoms with Gasteiger partial charge >= 0.3 is 5.97 Å². The molecule has 0 heterocycles. The monoisotopic (exact) mass is 263 g/mol. The van der Waals surface area contributed by atoms with E-state index >= 15 is 0 Å². The van der Waals surface area contributed by atoms with Crippen molar-refractivity contribution in [2.45, 2.75) is 26.7 Å². The molecule has 4 heteroatoms. The van der Waals surface area contributed by atoms with Crippen LogP contribution in [-0.4, -0.2) is 37.5 Å². The lowest BCUT2D eigenvalue weighted by Crippen LogP contribution is -2.28. The van der Waals surface area contributed by atoms with Crippen LogP contribution >= 0.6 is 0 Å². The minimum absolute atomic E-state index is 0.00827. The molecule has 0 aliphatic carbocycles. The molecule has 0 aliphatic rings. The first-order chi connectivity index (χ1) is 8.95. The van der Waals surface area contributed by atoms with Gasteiger partial charge in [0.25, 0.3) is 5.91 Å². The van der Waals surface area contributed by atoms with Crippen LogP contribution < -0.4 is 0 Å². The second-order valence-electron chi connectivity index (χ2n) is 4.72. The van der Waals surface area contributed by atoms with Crippen LogP contribution in [0.5, 0.6) is 0 Å². The second-order valence-corrected chi connectivity index (χ2v) is 4.72. The van der Waals surface area contributed by atoms with E-state index < -0.39 is 0 Å². The van der Waals surface area contributed by atoms with Crippen molar-refractivity contribution in [1.29, 1.82) is 0 Å². The molecule has 104 valence electrons. The summed E-state index contributed by atoms with van der Waals surface area (Å²) in [4.78, 5) is 24.9. The predicted molar refractivity (Wildman–Crippen MR) is 74.1 cm³/mol. The van der Waals surface area contributed by atoms with Gasteiger partial charge in [0.05, 0.1) is 7.11 Å². The molecule has 19 heavy (non-hydrogen) atoms. The maximum Gasteiger partial charge on any atom is 0.305 e. The summed E-state index contributed by atoms with van der Waals surface area (Å²) in [5, 5.41) is 0. The minimum atomic E-state index is -0.243. The van der Waals surface area contributed by atoms with Gasteiger partial charge in [-0.2, -0.15) is 0 Å². The van der Waals surface area contributed by atoms with Crippen molar-refractivity contribution in [3.63, 3.8) is 0 Å². The van der Waals surface area contributed by atoms with E-state index in [1.165, 1.54) is 7.11 Å². The number of hydrogen-bond donors (Lipinski definition) is 0. The number of benzene rings is 1. The fourth-order valence-electron chi connectivity index (χ4n) is 1.84. The van der Waals surface area contributed by atoms with Crippen LogP contribution in [0.1, 0.15) is 34.3 Å². The normalized spacial score (nSPS) is 10.1.